The van der Waals surface area contributed by atoms with Crippen LogP contribution in [-0.4, -0.2) is 45.6 Å². The van der Waals surface area contributed by atoms with E-state index in [1.165, 1.54) is 0 Å². The Bertz CT molecular complexity index is 1460. The van der Waals surface area contributed by atoms with Gasteiger partial charge in [-0.25, -0.2) is 9.78 Å². The van der Waals surface area contributed by atoms with Crippen LogP contribution < -0.4 is 5.56 Å². The summed E-state index contributed by atoms with van der Waals surface area (Å²) < 4.78 is 12.6. The minimum Gasteiger partial charge on any atom is -0.508 e. The molecule has 182 valence electrons. The van der Waals surface area contributed by atoms with Gasteiger partial charge in [0.25, 0.3) is 5.56 Å². The Balaban J connectivity index is 1.73. The SMILES string of the molecule is CCC(=O)O[C@]1(CC)C(=O)OCc2c1cc1n(c2=O)Cc2cc3c(CN(C)C)c(O)ccc3nc2-1. The van der Waals surface area contributed by atoms with Crippen molar-refractivity contribution < 1.29 is 24.2 Å². The number of carbonyl (C=O) groups is 2. The summed E-state index contributed by atoms with van der Waals surface area (Å²) in [6.07, 6.45) is 0.228. The molecule has 0 aliphatic carbocycles. The van der Waals surface area contributed by atoms with E-state index in [4.69, 9.17) is 14.5 Å². The summed E-state index contributed by atoms with van der Waals surface area (Å²) in [5.74, 6) is -1.03. The van der Waals surface area contributed by atoms with Gasteiger partial charge in [0.1, 0.15) is 12.4 Å². The zero-order valence-electron chi connectivity index (χ0n) is 20.2. The zero-order valence-corrected chi connectivity index (χ0v) is 20.2. The maximum absolute atomic E-state index is 13.6. The smallest absolute Gasteiger partial charge is 0.355 e. The van der Waals surface area contributed by atoms with Gasteiger partial charge in [-0.2, -0.15) is 0 Å². The molecule has 0 spiro atoms. The molecule has 0 amide bonds. The van der Waals surface area contributed by atoms with Gasteiger partial charge in [-0.3, -0.25) is 9.59 Å². The first-order valence-electron chi connectivity index (χ1n) is 11.7. The molecule has 4 heterocycles. The molecule has 35 heavy (non-hydrogen) atoms. The van der Waals surface area contributed by atoms with Gasteiger partial charge in [-0.1, -0.05) is 13.8 Å². The van der Waals surface area contributed by atoms with Gasteiger partial charge in [0.2, 0.25) is 5.60 Å². The van der Waals surface area contributed by atoms with E-state index in [0.29, 0.717) is 41.1 Å². The summed E-state index contributed by atoms with van der Waals surface area (Å²) in [6, 6.07) is 7.08. The molecule has 0 saturated carbocycles. The van der Waals surface area contributed by atoms with Gasteiger partial charge in [0.05, 0.1) is 29.0 Å². The highest BCUT2D eigenvalue weighted by Gasteiger charge is 2.50. The topological polar surface area (TPSA) is 111 Å². The number of ether oxygens (including phenoxy) is 2. The quantitative estimate of drug-likeness (QED) is 0.437. The number of nitrogens with zero attached hydrogens (tertiary/aromatic N) is 3. The fourth-order valence-corrected chi connectivity index (χ4v) is 5.01. The third kappa shape index (κ3) is 3.41. The predicted molar refractivity (Wildman–Crippen MR) is 128 cm³/mol. The Kier molecular flexibility index (Phi) is 5.40. The van der Waals surface area contributed by atoms with Crippen LogP contribution in [0.25, 0.3) is 22.3 Å². The summed E-state index contributed by atoms with van der Waals surface area (Å²) in [4.78, 5) is 45.5. The normalized spacial score (nSPS) is 18.3. The first kappa shape index (κ1) is 23.0. The lowest BCUT2D eigenvalue weighted by atomic mass is 9.85. The second-order valence-corrected chi connectivity index (χ2v) is 9.26. The number of rotatable bonds is 5. The Hall–Kier alpha value is -3.72. The summed E-state index contributed by atoms with van der Waals surface area (Å²) in [5.41, 5.74) is 2.19. The van der Waals surface area contributed by atoms with E-state index >= 15 is 0 Å². The minimum atomic E-state index is -1.67. The Morgan fingerprint density at radius 3 is 2.71 bits per heavy atom. The number of aromatic hydroxyl groups is 1. The van der Waals surface area contributed by atoms with Crippen LogP contribution in [0.1, 0.15) is 48.9 Å². The third-order valence-corrected chi connectivity index (χ3v) is 6.80. The first-order valence-corrected chi connectivity index (χ1v) is 11.7. The molecule has 2 aliphatic heterocycles. The van der Waals surface area contributed by atoms with Gasteiger partial charge in [-0.15, -0.1) is 0 Å². The van der Waals surface area contributed by atoms with Gasteiger partial charge < -0.3 is 24.0 Å². The summed E-state index contributed by atoms with van der Waals surface area (Å²) in [7, 11) is 3.85. The van der Waals surface area contributed by atoms with Gasteiger partial charge >= 0.3 is 11.9 Å². The van der Waals surface area contributed by atoms with Crippen molar-refractivity contribution in [3.05, 3.63) is 56.9 Å². The molecule has 3 aromatic rings. The van der Waals surface area contributed by atoms with Crippen LogP contribution in [0.5, 0.6) is 5.75 Å². The van der Waals surface area contributed by atoms with Crippen molar-refractivity contribution in [1.82, 2.24) is 14.5 Å². The molecule has 1 aromatic carbocycles. The van der Waals surface area contributed by atoms with Crippen LogP contribution in [0.2, 0.25) is 0 Å². The maximum atomic E-state index is 13.6. The van der Waals surface area contributed by atoms with E-state index in [-0.39, 0.29) is 30.8 Å². The fraction of sp³-hybridized carbons (Fsp3) is 0.385. The molecule has 9 nitrogen and oxygen atoms in total. The number of pyridine rings is 2. The number of phenolic OH excluding ortho intramolecular Hbond substituents is 1. The fourth-order valence-electron chi connectivity index (χ4n) is 5.01. The second kappa shape index (κ2) is 8.20. The minimum absolute atomic E-state index is 0.0901. The van der Waals surface area contributed by atoms with Crippen LogP contribution in [0, 0.1) is 0 Å². The van der Waals surface area contributed by atoms with E-state index in [1.807, 2.05) is 25.1 Å². The van der Waals surface area contributed by atoms with Crippen LogP contribution in [0.15, 0.2) is 29.1 Å². The largest absolute Gasteiger partial charge is 0.508 e. The molecule has 0 unspecified atom stereocenters. The molecular formula is C26H27N3O6. The lowest BCUT2D eigenvalue weighted by molar-refractivity contribution is -0.189. The molecule has 0 radical (unpaired) electrons. The van der Waals surface area contributed by atoms with Gasteiger partial charge in [0.15, 0.2) is 0 Å². The summed E-state index contributed by atoms with van der Waals surface area (Å²) >= 11 is 0. The highest BCUT2D eigenvalue weighted by molar-refractivity contribution is 5.90. The zero-order chi connectivity index (χ0) is 25.1. The van der Waals surface area contributed by atoms with Gasteiger partial charge in [0, 0.05) is 35.0 Å². The third-order valence-electron chi connectivity index (χ3n) is 6.80. The number of fused-ring (bicyclic) bond motifs is 5. The number of hydrogen-bond donors (Lipinski definition) is 1. The molecule has 2 aliphatic rings. The molecular weight excluding hydrogens is 450 g/mol. The highest BCUT2D eigenvalue weighted by Crippen LogP contribution is 2.41. The van der Waals surface area contributed by atoms with E-state index in [1.54, 1.807) is 36.6 Å². The lowest BCUT2D eigenvalue weighted by Gasteiger charge is -2.35. The molecule has 0 fully saturated rings. The van der Waals surface area contributed by atoms with Crippen LogP contribution in [0.3, 0.4) is 0 Å². The summed E-state index contributed by atoms with van der Waals surface area (Å²) in [6.45, 7) is 4.03. The molecule has 1 N–H and O–H groups in total. The van der Waals surface area contributed by atoms with E-state index in [9.17, 15) is 19.5 Å². The van der Waals surface area contributed by atoms with E-state index in [0.717, 1.165) is 16.5 Å². The van der Waals surface area contributed by atoms with Crippen LogP contribution in [0.4, 0.5) is 0 Å². The number of carbonyl (C=O) groups excluding carboxylic acids is 2. The predicted octanol–water partition coefficient (Wildman–Crippen LogP) is 2.81. The molecule has 5 rings (SSSR count). The number of phenols is 1. The number of esters is 2. The number of benzene rings is 1. The van der Waals surface area contributed by atoms with Crippen LogP contribution >= 0.6 is 0 Å². The van der Waals surface area contributed by atoms with Gasteiger partial charge in [-0.05, 0) is 44.8 Å². The van der Waals surface area contributed by atoms with Crippen molar-refractivity contribution in [2.24, 2.45) is 0 Å². The molecule has 0 bridgehead atoms. The van der Waals surface area contributed by atoms with Crippen molar-refractivity contribution in [2.45, 2.75) is 52.0 Å². The van der Waals surface area contributed by atoms with Crippen molar-refractivity contribution >= 4 is 22.8 Å². The molecule has 0 saturated heterocycles. The number of cyclic esters (lactones) is 1. The number of hydrogen-bond acceptors (Lipinski definition) is 8. The second-order valence-electron chi connectivity index (χ2n) is 9.26. The average molecular weight is 478 g/mol. The highest BCUT2D eigenvalue weighted by atomic mass is 16.6. The van der Waals surface area contributed by atoms with E-state index in [2.05, 4.69) is 0 Å². The van der Waals surface area contributed by atoms with Crippen molar-refractivity contribution in [1.29, 1.82) is 0 Å². The van der Waals surface area contributed by atoms with Crippen molar-refractivity contribution in [3.63, 3.8) is 0 Å². The molecule has 9 heteroatoms. The monoisotopic (exact) mass is 477 g/mol. The molecule has 2 aromatic heterocycles. The van der Waals surface area contributed by atoms with E-state index < -0.39 is 17.5 Å². The maximum Gasteiger partial charge on any atom is 0.355 e. The summed E-state index contributed by atoms with van der Waals surface area (Å²) in [5, 5.41) is 11.3. The number of aromatic nitrogens is 2. The van der Waals surface area contributed by atoms with Crippen LogP contribution in [-0.2, 0) is 44.4 Å². The molecule has 1 atom stereocenters. The van der Waals surface area contributed by atoms with Crippen molar-refractivity contribution in [2.75, 3.05) is 14.1 Å². The Morgan fingerprint density at radius 1 is 1.26 bits per heavy atom. The Morgan fingerprint density at radius 2 is 2.03 bits per heavy atom. The first-order chi connectivity index (χ1) is 16.7. The lowest BCUT2D eigenvalue weighted by Crippen LogP contribution is -2.47. The average Bonchev–Trinajstić information content (AvgIpc) is 3.19. The van der Waals surface area contributed by atoms with Crippen molar-refractivity contribution in [3.8, 4) is 17.1 Å². The Labute approximate surface area is 201 Å². The standard InChI is InChI=1S/C26H27N3O6/c1-5-22(31)35-26(6-2)18-10-20-23-14(11-29(20)24(32)17(18)13-34-25(26)33)9-15-16(12-28(3)4)21(30)8-7-19(15)27-23/h7-10,30H,5-6,11-13H2,1-4H3/t26-/m0/s1.